The van der Waals surface area contributed by atoms with Crippen molar-refractivity contribution in [3.63, 3.8) is 0 Å². The van der Waals surface area contributed by atoms with Crippen LogP contribution in [0.1, 0.15) is 0 Å². The summed E-state index contributed by atoms with van der Waals surface area (Å²) in [6.07, 6.45) is -7.68. The SMILES string of the molecule is COc1cc(-c2cc(=O)c3c(O)cc(O[C@H]4O[C@@H](CO)[C@H](O)[C@H](O)[C@@H]4O)cc3o2)cc(O)c1O. The van der Waals surface area contributed by atoms with Crippen molar-refractivity contribution >= 4 is 11.0 Å². The van der Waals surface area contributed by atoms with Gasteiger partial charge in [-0.3, -0.25) is 4.79 Å². The van der Waals surface area contributed by atoms with E-state index < -0.39 is 60.0 Å². The van der Waals surface area contributed by atoms with Crippen molar-refractivity contribution in [1.29, 1.82) is 0 Å². The topological polar surface area (TPSA) is 200 Å². The molecule has 7 N–H and O–H groups in total. The molecule has 0 saturated carbocycles. The second-order valence-electron chi connectivity index (χ2n) is 7.65. The molecule has 1 saturated heterocycles. The summed E-state index contributed by atoms with van der Waals surface area (Å²) in [4.78, 5) is 12.7. The van der Waals surface area contributed by atoms with Gasteiger partial charge in [-0.15, -0.1) is 0 Å². The first kappa shape index (κ1) is 23.6. The van der Waals surface area contributed by atoms with E-state index in [0.717, 1.165) is 18.2 Å². The molecular formula is C22H22O12. The maximum Gasteiger partial charge on any atom is 0.229 e. The fraction of sp³-hybridized carbons (Fsp3) is 0.318. The number of benzene rings is 2. The van der Waals surface area contributed by atoms with E-state index in [9.17, 15) is 40.5 Å². The van der Waals surface area contributed by atoms with Crippen molar-refractivity contribution in [3.8, 4) is 40.1 Å². The van der Waals surface area contributed by atoms with Crippen LogP contribution in [0.25, 0.3) is 22.3 Å². The minimum absolute atomic E-state index is 0.0320. The van der Waals surface area contributed by atoms with Crippen molar-refractivity contribution in [2.75, 3.05) is 13.7 Å². The Hall–Kier alpha value is -3.55. The Morgan fingerprint density at radius 1 is 0.941 bits per heavy atom. The first-order valence-corrected chi connectivity index (χ1v) is 10.0. The Balaban J connectivity index is 1.74. The van der Waals surface area contributed by atoms with Gasteiger partial charge in [0.15, 0.2) is 16.9 Å². The number of rotatable bonds is 5. The standard InChI is InChI=1S/C22H22O12/c1-31-15-3-8(2-12(26)18(15)27)13-6-11(25)17-10(24)4-9(5-14(17)33-13)32-22-21(30)20(29)19(28)16(7-23)34-22/h2-6,16,19-24,26-30H,7H2,1H3/t16-,19-,20-,21-,22-/m0/s1. The molecule has 2 heterocycles. The molecule has 12 heteroatoms. The quantitative estimate of drug-likeness (QED) is 0.238. The third-order valence-electron chi connectivity index (χ3n) is 5.44. The molecule has 2 aromatic carbocycles. The molecule has 0 radical (unpaired) electrons. The number of aromatic hydroxyl groups is 3. The molecule has 4 rings (SSSR count). The van der Waals surface area contributed by atoms with Gasteiger partial charge >= 0.3 is 0 Å². The molecule has 12 nitrogen and oxygen atoms in total. The lowest BCUT2D eigenvalue weighted by Crippen LogP contribution is -2.60. The first-order valence-electron chi connectivity index (χ1n) is 10.0. The summed E-state index contributed by atoms with van der Waals surface area (Å²) in [5.74, 6) is -1.75. The lowest BCUT2D eigenvalue weighted by molar-refractivity contribution is -0.277. The molecule has 182 valence electrons. The number of phenolic OH excluding ortho intramolecular Hbond substituents is 3. The lowest BCUT2D eigenvalue weighted by atomic mass is 9.99. The van der Waals surface area contributed by atoms with Gasteiger partial charge in [-0.2, -0.15) is 0 Å². The van der Waals surface area contributed by atoms with Crippen LogP contribution < -0.4 is 14.9 Å². The summed E-state index contributed by atoms with van der Waals surface area (Å²) in [5.41, 5.74) is -0.570. The predicted octanol–water partition coefficient (Wildman–Crippen LogP) is -0.236. The molecule has 0 amide bonds. The highest BCUT2D eigenvalue weighted by Crippen LogP contribution is 2.40. The fourth-order valence-corrected chi connectivity index (χ4v) is 3.64. The number of fused-ring (bicyclic) bond motifs is 1. The largest absolute Gasteiger partial charge is 0.507 e. The smallest absolute Gasteiger partial charge is 0.229 e. The molecule has 0 spiro atoms. The number of aliphatic hydroxyl groups is 4. The maximum atomic E-state index is 12.7. The minimum atomic E-state index is -1.69. The van der Waals surface area contributed by atoms with Crippen molar-refractivity contribution in [3.05, 3.63) is 40.6 Å². The molecule has 1 aromatic heterocycles. The third kappa shape index (κ3) is 4.08. The maximum absolute atomic E-state index is 12.7. The molecule has 0 bridgehead atoms. The van der Waals surface area contributed by atoms with E-state index in [2.05, 4.69) is 0 Å². The number of hydrogen-bond donors (Lipinski definition) is 7. The Morgan fingerprint density at radius 2 is 1.68 bits per heavy atom. The van der Waals surface area contributed by atoms with Crippen LogP contribution in [0.15, 0.2) is 39.5 Å². The number of aliphatic hydroxyl groups excluding tert-OH is 4. The second-order valence-corrected chi connectivity index (χ2v) is 7.65. The number of ether oxygens (including phenoxy) is 3. The van der Waals surface area contributed by atoms with Crippen LogP contribution in [0.5, 0.6) is 28.7 Å². The highest BCUT2D eigenvalue weighted by Gasteiger charge is 2.44. The van der Waals surface area contributed by atoms with Gasteiger partial charge in [-0.05, 0) is 12.1 Å². The van der Waals surface area contributed by atoms with Crippen LogP contribution in [0.4, 0.5) is 0 Å². The van der Waals surface area contributed by atoms with Gasteiger partial charge < -0.3 is 54.4 Å². The van der Waals surface area contributed by atoms with Crippen molar-refractivity contribution in [2.45, 2.75) is 30.7 Å². The first-order chi connectivity index (χ1) is 16.1. The summed E-state index contributed by atoms with van der Waals surface area (Å²) >= 11 is 0. The van der Waals surface area contributed by atoms with Gasteiger partial charge in [0, 0.05) is 23.8 Å². The van der Waals surface area contributed by atoms with Gasteiger partial charge in [0.25, 0.3) is 0 Å². The number of phenols is 3. The Labute approximate surface area is 191 Å². The lowest BCUT2D eigenvalue weighted by Gasteiger charge is -2.39. The average Bonchev–Trinajstić information content (AvgIpc) is 2.80. The number of hydrogen-bond acceptors (Lipinski definition) is 12. The van der Waals surface area contributed by atoms with Crippen LogP contribution >= 0.6 is 0 Å². The average molecular weight is 478 g/mol. The predicted molar refractivity (Wildman–Crippen MR) is 114 cm³/mol. The van der Waals surface area contributed by atoms with Crippen molar-refractivity contribution in [1.82, 2.24) is 0 Å². The monoisotopic (exact) mass is 478 g/mol. The van der Waals surface area contributed by atoms with E-state index >= 15 is 0 Å². The molecule has 3 aromatic rings. The molecule has 5 atom stereocenters. The van der Waals surface area contributed by atoms with E-state index in [1.54, 1.807) is 0 Å². The summed E-state index contributed by atoms with van der Waals surface area (Å²) in [5, 5.41) is 69.2. The van der Waals surface area contributed by atoms with Crippen molar-refractivity contribution in [2.24, 2.45) is 0 Å². The zero-order chi connectivity index (χ0) is 24.7. The van der Waals surface area contributed by atoms with Crippen LogP contribution in [-0.2, 0) is 4.74 Å². The van der Waals surface area contributed by atoms with Gasteiger partial charge in [-0.1, -0.05) is 0 Å². The summed E-state index contributed by atoms with van der Waals surface area (Å²) < 4.78 is 21.5. The van der Waals surface area contributed by atoms with E-state index in [1.807, 2.05) is 0 Å². The highest BCUT2D eigenvalue weighted by atomic mass is 16.7. The molecule has 1 aliphatic heterocycles. The van der Waals surface area contributed by atoms with Gasteiger partial charge in [-0.25, -0.2) is 0 Å². The molecule has 1 fully saturated rings. The van der Waals surface area contributed by atoms with E-state index in [-0.39, 0.29) is 33.8 Å². The Bertz CT molecular complexity index is 1270. The zero-order valence-electron chi connectivity index (χ0n) is 17.7. The Morgan fingerprint density at radius 3 is 2.35 bits per heavy atom. The van der Waals surface area contributed by atoms with Crippen LogP contribution in [-0.4, -0.2) is 80.2 Å². The van der Waals surface area contributed by atoms with E-state index in [0.29, 0.717) is 0 Å². The number of methoxy groups -OCH3 is 1. The molecule has 0 aliphatic carbocycles. The van der Waals surface area contributed by atoms with Crippen molar-refractivity contribution < 1.29 is 54.4 Å². The van der Waals surface area contributed by atoms with Gasteiger partial charge in [0.1, 0.15) is 52.6 Å². The molecule has 1 aliphatic rings. The minimum Gasteiger partial charge on any atom is -0.507 e. The van der Waals surface area contributed by atoms with E-state index in [4.69, 9.17) is 18.6 Å². The second kappa shape index (κ2) is 9.00. The van der Waals surface area contributed by atoms with Crippen LogP contribution in [0.2, 0.25) is 0 Å². The summed E-state index contributed by atoms with van der Waals surface area (Å²) in [7, 11) is 1.27. The van der Waals surface area contributed by atoms with Crippen LogP contribution in [0, 0.1) is 0 Å². The highest BCUT2D eigenvalue weighted by molar-refractivity contribution is 5.86. The normalized spacial score (nSPS) is 24.8. The fourth-order valence-electron chi connectivity index (χ4n) is 3.64. The molecule has 34 heavy (non-hydrogen) atoms. The zero-order valence-corrected chi connectivity index (χ0v) is 17.7. The third-order valence-corrected chi connectivity index (χ3v) is 5.44. The Kier molecular flexibility index (Phi) is 6.25. The summed E-state index contributed by atoms with van der Waals surface area (Å²) in [6, 6.07) is 5.84. The van der Waals surface area contributed by atoms with Gasteiger partial charge in [0.2, 0.25) is 12.0 Å². The molecular weight excluding hydrogens is 456 g/mol. The van der Waals surface area contributed by atoms with E-state index in [1.165, 1.54) is 19.2 Å². The van der Waals surface area contributed by atoms with Gasteiger partial charge in [0.05, 0.1) is 13.7 Å². The molecule has 0 unspecified atom stereocenters. The summed E-state index contributed by atoms with van der Waals surface area (Å²) in [6.45, 7) is -0.658. The van der Waals surface area contributed by atoms with Crippen LogP contribution in [0.3, 0.4) is 0 Å².